The zero-order chi connectivity index (χ0) is 17.4. The number of halogens is 3. The van der Waals surface area contributed by atoms with E-state index in [0.29, 0.717) is 18.6 Å². The van der Waals surface area contributed by atoms with Gasteiger partial charge in [0.1, 0.15) is 11.0 Å². The molecule has 124 valence electrons. The SMILES string of the molecule is CCCC(CC(C#N)(C#N)CCC(F)(F)F)=NOC(C)(C)C. The smallest absolute Gasteiger partial charge is 0.389 e. The maximum Gasteiger partial charge on any atom is 0.389 e. The fourth-order valence-corrected chi connectivity index (χ4v) is 1.66. The molecule has 0 heterocycles. The van der Waals surface area contributed by atoms with Gasteiger partial charge in [-0.2, -0.15) is 23.7 Å². The van der Waals surface area contributed by atoms with E-state index in [0.717, 1.165) is 0 Å². The van der Waals surface area contributed by atoms with Crippen LogP contribution < -0.4 is 0 Å². The van der Waals surface area contributed by atoms with Gasteiger partial charge in [-0.1, -0.05) is 18.5 Å². The van der Waals surface area contributed by atoms with Gasteiger partial charge in [-0.25, -0.2) is 0 Å². The molecule has 0 rings (SSSR count). The molecule has 0 aliphatic carbocycles. The van der Waals surface area contributed by atoms with Crippen LogP contribution in [0.4, 0.5) is 13.2 Å². The van der Waals surface area contributed by atoms with E-state index in [1.165, 1.54) is 0 Å². The van der Waals surface area contributed by atoms with Crippen molar-refractivity contribution in [1.29, 1.82) is 10.5 Å². The highest BCUT2D eigenvalue weighted by Crippen LogP contribution is 2.34. The molecule has 22 heavy (non-hydrogen) atoms. The summed E-state index contributed by atoms with van der Waals surface area (Å²) in [6.07, 6.45) is -5.12. The quantitative estimate of drug-likeness (QED) is 0.504. The minimum absolute atomic E-state index is 0.139. The maximum atomic E-state index is 12.4. The zero-order valence-corrected chi connectivity index (χ0v) is 13.4. The van der Waals surface area contributed by atoms with Gasteiger partial charge in [0.2, 0.25) is 0 Å². The van der Waals surface area contributed by atoms with Gasteiger partial charge in [0.15, 0.2) is 0 Å². The monoisotopic (exact) mass is 317 g/mol. The van der Waals surface area contributed by atoms with Crippen LogP contribution in [-0.4, -0.2) is 17.5 Å². The van der Waals surface area contributed by atoms with E-state index in [-0.39, 0.29) is 6.42 Å². The lowest BCUT2D eigenvalue weighted by molar-refractivity contribution is -0.138. The van der Waals surface area contributed by atoms with Crippen LogP contribution in [0.3, 0.4) is 0 Å². The normalized spacial score (nSPS) is 13.4. The number of oxime groups is 1. The lowest BCUT2D eigenvalue weighted by Gasteiger charge is -2.22. The molecule has 0 amide bonds. The molecule has 0 radical (unpaired) electrons. The van der Waals surface area contributed by atoms with E-state index in [9.17, 15) is 23.7 Å². The first kappa shape index (κ1) is 20.2. The molecule has 0 aromatic rings. The third-order valence-electron chi connectivity index (χ3n) is 2.76. The summed E-state index contributed by atoms with van der Waals surface area (Å²) in [5.74, 6) is 0. The van der Waals surface area contributed by atoms with Gasteiger partial charge in [-0.15, -0.1) is 0 Å². The van der Waals surface area contributed by atoms with Gasteiger partial charge in [-0.05, 0) is 33.6 Å². The molecule has 0 aliphatic rings. The van der Waals surface area contributed by atoms with Crippen molar-refractivity contribution in [3.63, 3.8) is 0 Å². The van der Waals surface area contributed by atoms with Crippen LogP contribution in [0.5, 0.6) is 0 Å². The Morgan fingerprint density at radius 2 is 1.64 bits per heavy atom. The van der Waals surface area contributed by atoms with E-state index >= 15 is 0 Å². The Bertz CT molecular complexity index is 450. The van der Waals surface area contributed by atoms with Gasteiger partial charge in [0, 0.05) is 12.8 Å². The second-order valence-electron chi connectivity index (χ2n) is 6.21. The molecule has 0 fully saturated rings. The van der Waals surface area contributed by atoms with Crippen molar-refractivity contribution in [3.05, 3.63) is 0 Å². The third-order valence-corrected chi connectivity index (χ3v) is 2.76. The molecule has 0 unspecified atom stereocenters. The Balaban J connectivity index is 5.17. The average molecular weight is 317 g/mol. The lowest BCUT2D eigenvalue weighted by Crippen LogP contribution is -2.25. The summed E-state index contributed by atoms with van der Waals surface area (Å²) >= 11 is 0. The molecular weight excluding hydrogens is 295 g/mol. The van der Waals surface area contributed by atoms with Crippen molar-refractivity contribution < 1.29 is 18.0 Å². The fraction of sp³-hybridized carbons (Fsp3) is 0.800. The Kier molecular flexibility index (Phi) is 7.38. The van der Waals surface area contributed by atoms with E-state index in [1.807, 2.05) is 6.92 Å². The van der Waals surface area contributed by atoms with Crippen LogP contribution in [0, 0.1) is 28.1 Å². The predicted octanol–water partition coefficient (Wildman–Crippen LogP) is 4.72. The minimum atomic E-state index is -4.40. The molecule has 0 saturated heterocycles. The summed E-state index contributed by atoms with van der Waals surface area (Å²) in [5.41, 5.74) is -1.85. The molecule has 0 aliphatic heterocycles. The van der Waals surface area contributed by atoms with Crippen molar-refractivity contribution >= 4 is 5.71 Å². The topological polar surface area (TPSA) is 69.2 Å². The van der Waals surface area contributed by atoms with Crippen molar-refractivity contribution in [1.82, 2.24) is 0 Å². The standard InChI is InChI=1S/C15H22F3N3O/c1-5-6-12(21-22-13(2,3)4)9-14(10-19,11-20)7-8-15(16,17)18/h5-9H2,1-4H3. The van der Waals surface area contributed by atoms with E-state index in [1.54, 1.807) is 32.9 Å². The zero-order valence-electron chi connectivity index (χ0n) is 13.4. The molecule has 0 spiro atoms. The highest BCUT2D eigenvalue weighted by molar-refractivity contribution is 5.85. The first-order valence-corrected chi connectivity index (χ1v) is 7.10. The maximum absolute atomic E-state index is 12.4. The number of rotatable bonds is 7. The third kappa shape index (κ3) is 8.51. The van der Waals surface area contributed by atoms with Crippen LogP contribution in [0.2, 0.25) is 0 Å². The molecule has 0 bridgehead atoms. The summed E-state index contributed by atoms with van der Waals surface area (Å²) in [6, 6.07) is 3.45. The Morgan fingerprint density at radius 3 is 2.00 bits per heavy atom. The van der Waals surface area contributed by atoms with Crippen molar-refractivity contribution in [2.45, 2.75) is 71.6 Å². The van der Waals surface area contributed by atoms with Crippen LogP contribution in [-0.2, 0) is 4.84 Å². The summed E-state index contributed by atoms with van der Waals surface area (Å²) in [7, 11) is 0. The number of hydrogen-bond acceptors (Lipinski definition) is 4. The molecular formula is C15H22F3N3O. The van der Waals surface area contributed by atoms with Gasteiger partial charge in [0.05, 0.1) is 17.9 Å². The van der Waals surface area contributed by atoms with Crippen molar-refractivity contribution in [2.75, 3.05) is 0 Å². The fourth-order valence-electron chi connectivity index (χ4n) is 1.66. The van der Waals surface area contributed by atoms with Crippen molar-refractivity contribution in [3.8, 4) is 12.1 Å². The lowest BCUT2D eigenvalue weighted by atomic mass is 9.80. The van der Waals surface area contributed by atoms with E-state index in [4.69, 9.17) is 4.84 Å². The summed E-state index contributed by atoms with van der Waals surface area (Å²) in [6.45, 7) is 7.23. The molecule has 0 aromatic heterocycles. The Morgan fingerprint density at radius 1 is 1.09 bits per heavy atom. The second kappa shape index (κ2) is 8.03. The number of nitrogens with zero attached hydrogens (tertiary/aromatic N) is 3. The van der Waals surface area contributed by atoms with Crippen LogP contribution in [0.25, 0.3) is 0 Å². The number of nitriles is 2. The van der Waals surface area contributed by atoms with E-state index in [2.05, 4.69) is 5.16 Å². The minimum Gasteiger partial charge on any atom is -0.390 e. The molecule has 0 atom stereocenters. The molecule has 0 N–H and O–H groups in total. The van der Waals surface area contributed by atoms with Gasteiger partial charge in [-0.3, -0.25) is 0 Å². The summed E-state index contributed by atoms with van der Waals surface area (Å²) < 4.78 is 37.1. The average Bonchev–Trinajstić information content (AvgIpc) is 2.39. The highest BCUT2D eigenvalue weighted by atomic mass is 19.4. The van der Waals surface area contributed by atoms with Crippen LogP contribution in [0.1, 0.15) is 59.8 Å². The number of alkyl halides is 3. The largest absolute Gasteiger partial charge is 0.390 e. The van der Waals surface area contributed by atoms with E-state index < -0.39 is 30.0 Å². The summed E-state index contributed by atoms with van der Waals surface area (Å²) in [5, 5.41) is 22.3. The van der Waals surface area contributed by atoms with Gasteiger partial charge >= 0.3 is 6.18 Å². The highest BCUT2D eigenvalue weighted by Gasteiger charge is 2.38. The molecule has 0 aromatic carbocycles. The second-order valence-corrected chi connectivity index (χ2v) is 6.21. The van der Waals surface area contributed by atoms with Gasteiger partial charge in [0.25, 0.3) is 0 Å². The Hall–Kier alpha value is -1.76. The first-order valence-electron chi connectivity index (χ1n) is 7.10. The first-order chi connectivity index (χ1) is 9.97. The number of hydrogen-bond donors (Lipinski definition) is 0. The van der Waals surface area contributed by atoms with Crippen LogP contribution in [0.15, 0.2) is 5.16 Å². The van der Waals surface area contributed by atoms with Crippen molar-refractivity contribution in [2.24, 2.45) is 10.6 Å². The predicted molar refractivity (Wildman–Crippen MR) is 76.7 cm³/mol. The summed E-state index contributed by atoms with van der Waals surface area (Å²) in [4.78, 5) is 5.27. The Labute approximate surface area is 129 Å². The molecule has 7 heteroatoms. The molecule has 4 nitrogen and oxygen atoms in total. The molecule has 0 saturated carbocycles. The van der Waals surface area contributed by atoms with Crippen LogP contribution >= 0.6 is 0 Å². The van der Waals surface area contributed by atoms with Gasteiger partial charge < -0.3 is 4.84 Å².